The third-order valence-corrected chi connectivity index (χ3v) is 13.0. The van der Waals surface area contributed by atoms with Crippen molar-refractivity contribution in [3.05, 3.63) is 34.1 Å². The van der Waals surface area contributed by atoms with Gasteiger partial charge in [-0.15, -0.1) is 5.10 Å². The molecule has 0 unspecified atom stereocenters. The molecule has 60 heavy (non-hydrogen) atoms. The molecular formula is C44H73N3O13. The molecule has 16 nitrogen and oxygen atoms in total. The Morgan fingerprint density at radius 2 is 1.42 bits per heavy atom. The molecule has 2 fully saturated rings. The fourth-order valence-electron chi connectivity index (χ4n) is 8.82. The average molecular weight is 852 g/mol. The van der Waals surface area contributed by atoms with Crippen molar-refractivity contribution in [2.75, 3.05) is 13.2 Å². The number of hydrogen-bond acceptors (Lipinski definition) is 15. The summed E-state index contributed by atoms with van der Waals surface area (Å²) < 4.78 is 30.9. The third-order valence-electron chi connectivity index (χ3n) is 13.0. The summed E-state index contributed by atoms with van der Waals surface area (Å²) in [4.78, 5) is 0. The number of nitrogens with zero attached hydrogens (tertiary/aromatic N) is 3. The van der Waals surface area contributed by atoms with Crippen LogP contribution in [0, 0.1) is 31.6 Å². The minimum absolute atomic E-state index is 0.193. The van der Waals surface area contributed by atoms with Gasteiger partial charge in [-0.1, -0.05) is 77.9 Å². The summed E-state index contributed by atoms with van der Waals surface area (Å²) in [7, 11) is 0. The summed E-state index contributed by atoms with van der Waals surface area (Å²) in [6, 6.07) is 0. The van der Waals surface area contributed by atoms with Gasteiger partial charge in [0.15, 0.2) is 12.6 Å². The first kappa shape index (κ1) is 48.6. The zero-order valence-corrected chi connectivity index (χ0v) is 36.7. The molecule has 0 saturated carbocycles. The number of phenols is 1. The van der Waals surface area contributed by atoms with E-state index in [0.29, 0.717) is 17.2 Å². The SMILES string of the molecule is Cc1c(C)c2c(c(Cn3cc(CO[C@H]4O[C@@H](CO)[C@H](O[C@H]5O[C@@H](CO)[C@@H](O)[C@@H](O)[C@@H]5O)[C@@H](O)[C@@H]4O)nn3)c1O)CC[C@@](C)(CCC[C@H](C)CCC[C@H](C)CCCC(C)C)O2. The number of hydrogen-bond donors (Lipinski definition) is 8. The van der Waals surface area contributed by atoms with Crippen LogP contribution in [0.15, 0.2) is 6.20 Å². The Balaban J connectivity index is 1.14. The molecule has 0 amide bonds. The van der Waals surface area contributed by atoms with E-state index in [1.165, 1.54) is 44.9 Å². The lowest BCUT2D eigenvalue weighted by molar-refractivity contribution is -0.360. The van der Waals surface area contributed by atoms with Gasteiger partial charge in [-0.05, 0) is 75.3 Å². The summed E-state index contributed by atoms with van der Waals surface area (Å²) in [5.41, 5.74) is 3.41. The summed E-state index contributed by atoms with van der Waals surface area (Å²) >= 11 is 0. The third kappa shape index (κ3) is 11.9. The number of phenolic OH excluding ortho intramolecular Hbond substituents is 1. The number of aliphatic hydroxyl groups excluding tert-OH is 7. The highest BCUT2D eigenvalue weighted by Gasteiger charge is 2.51. The van der Waals surface area contributed by atoms with E-state index >= 15 is 0 Å². The van der Waals surface area contributed by atoms with E-state index in [4.69, 9.17) is 23.7 Å². The zero-order valence-electron chi connectivity index (χ0n) is 36.7. The Bertz CT molecular complexity index is 1640. The minimum atomic E-state index is -1.77. The molecule has 0 radical (unpaired) electrons. The van der Waals surface area contributed by atoms with Crippen LogP contribution >= 0.6 is 0 Å². The second kappa shape index (κ2) is 21.7. The monoisotopic (exact) mass is 852 g/mol. The Hall–Kier alpha value is -2.48. The second-order valence-corrected chi connectivity index (χ2v) is 18.5. The van der Waals surface area contributed by atoms with E-state index < -0.39 is 74.6 Å². The van der Waals surface area contributed by atoms with Gasteiger partial charge in [0.1, 0.15) is 71.6 Å². The van der Waals surface area contributed by atoms with Crippen LogP contribution in [0.2, 0.25) is 0 Å². The van der Waals surface area contributed by atoms with E-state index in [0.717, 1.165) is 60.0 Å². The molecule has 1 aromatic carbocycles. The van der Waals surface area contributed by atoms with E-state index in [2.05, 4.69) is 44.9 Å². The van der Waals surface area contributed by atoms with Gasteiger partial charge >= 0.3 is 0 Å². The molecule has 13 atom stereocenters. The molecule has 5 rings (SSSR count). The minimum Gasteiger partial charge on any atom is -0.507 e. The summed E-state index contributed by atoms with van der Waals surface area (Å²) in [5.74, 6) is 3.29. The summed E-state index contributed by atoms with van der Waals surface area (Å²) in [6.07, 6.45) is -1.25. The topological polar surface area (TPSA) is 239 Å². The number of benzene rings is 1. The number of aliphatic hydroxyl groups is 7. The van der Waals surface area contributed by atoms with Crippen LogP contribution in [0.25, 0.3) is 0 Å². The summed E-state index contributed by atoms with van der Waals surface area (Å²) in [6.45, 7) is 14.1. The predicted molar refractivity (Wildman–Crippen MR) is 220 cm³/mol. The van der Waals surface area contributed by atoms with Crippen LogP contribution in [0.3, 0.4) is 0 Å². The predicted octanol–water partition coefficient (Wildman–Crippen LogP) is 3.31. The highest BCUT2D eigenvalue weighted by molar-refractivity contribution is 5.59. The maximum atomic E-state index is 11.4. The standard InChI is InChI=1S/C44H73N3O13/c1-24(2)11-8-12-25(3)13-9-14-26(4)15-10-17-44(7)18-16-30-31(34(50)27(5)28(6)40(30)60-44)20-47-19-29(45-46-47)23-56-42-39(55)37(53)41(33(22-49)58-42)59-43-38(54)36(52)35(51)32(21-48)57-43/h19,24-26,32-33,35-39,41-43,48-55H,8-18,20-23H2,1-7H3/t25-,26-,32+,33+,35-,36-,37+,38+,39+,41+,42+,43-,44-/m1/s1. The van der Waals surface area contributed by atoms with Crippen LogP contribution in [0.1, 0.15) is 127 Å². The molecule has 4 heterocycles. The van der Waals surface area contributed by atoms with E-state index in [-0.39, 0.29) is 24.5 Å². The first-order valence-corrected chi connectivity index (χ1v) is 22.1. The lowest BCUT2D eigenvalue weighted by Gasteiger charge is -2.45. The van der Waals surface area contributed by atoms with Gasteiger partial charge in [0.05, 0.1) is 32.6 Å². The lowest BCUT2D eigenvalue weighted by Crippen LogP contribution is -2.64. The molecule has 2 saturated heterocycles. The average Bonchev–Trinajstić information content (AvgIpc) is 3.67. The maximum Gasteiger partial charge on any atom is 0.187 e. The lowest BCUT2D eigenvalue weighted by atomic mass is 9.83. The molecule has 0 bridgehead atoms. The van der Waals surface area contributed by atoms with Crippen molar-refractivity contribution in [1.29, 1.82) is 0 Å². The number of aromatic hydroxyl groups is 1. The molecule has 1 aromatic heterocycles. The van der Waals surface area contributed by atoms with Crippen LogP contribution in [-0.4, -0.2) is 136 Å². The highest BCUT2D eigenvalue weighted by Crippen LogP contribution is 2.45. The Kier molecular flexibility index (Phi) is 17.6. The van der Waals surface area contributed by atoms with Crippen molar-refractivity contribution in [3.8, 4) is 11.5 Å². The van der Waals surface area contributed by atoms with Crippen LogP contribution in [0.5, 0.6) is 11.5 Å². The quantitative estimate of drug-likeness (QED) is 0.0900. The van der Waals surface area contributed by atoms with Crippen molar-refractivity contribution >= 4 is 0 Å². The van der Waals surface area contributed by atoms with Gasteiger partial charge in [0, 0.05) is 11.1 Å². The fraction of sp³-hybridized carbons (Fsp3) is 0.818. The molecule has 2 aromatic rings. The van der Waals surface area contributed by atoms with Crippen LogP contribution < -0.4 is 4.74 Å². The van der Waals surface area contributed by atoms with Crippen LogP contribution in [-0.2, 0) is 38.5 Å². The second-order valence-electron chi connectivity index (χ2n) is 18.5. The molecule has 3 aliphatic rings. The normalized spacial score (nSPS) is 31.9. The van der Waals surface area contributed by atoms with Crippen molar-refractivity contribution in [2.45, 2.75) is 199 Å². The number of fused-ring (bicyclic) bond motifs is 1. The highest BCUT2D eigenvalue weighted by atomic mass is 16.7. The number of aromatic nitrogens is 3. The molecule has 16 heteroatoms. The van der Waals surface area contributed by atoms with Gasteiger partial charge in [-0.2, -0.15) is 0 Å². The van der Waals surface area contributed by atoms with Crippen LogP contribution in [0.4, 0.5) is 0 Å². The Morgan fingerprint density at radius 3 is 2.07 bits per heavy atom. The summed E-state index contributed by atoms with van der Waals surface area (Å²) in [5, 5.41) is 91.8. The van der Waals surface area contributed by atoms with Crippen molar-refractivity contribution in [3.63, 3.8) is 0 Å². The Morgan fingerprint density at radius 1 is 0.800 bits per heavy atom. The van der Waals surface area contributed by atoms with E-state index in [1.807, 2.05) is 13.8 Å². The van der Waals surface area contributed by atoms with Gasteiger partial charge in [0.25, 0.3) is 0 Å². The smallest absolute Gasteiger partial charge is 0.187 e. The van der Waals surface area contributed by atoms with Crippen molar-refractivity contribution in [1.82, 2.24) is 15.0 Å². The molecule has 3 aliphatic heterocycles. The molecule has 8 N–H and O–H groups in total. The van der Waals surface area contributed by atoms with E-state index in [1.54, 1.807) is 10.9 Å². The van der Waals surface area contributed by atoms with Gasteiger partial charge in [-0.25, -0.2) is 4.68 Å². The molecule has 342 valence electrons. The number of ether oxygens (including phenoxy) is 5. The Labute approximate surface area is 354 Å². The largest absolute Gasteiger partial charge is 0.507 e. The van der Waals surface area contributed by atoms with E-state index in [9.17, 15) is 40.9 Å². The van der Waals surface area contributed by atoms with Crippen molar-refractivity contribution in [2.24, 2.45) is 17.8 Å². The maximum absolute atomic E-state index is 11.4. The zero-order chi connectivity index (χ0) is 43.9. The fourth-order valence-corrected chi connectivity index (χ4v) is 8.82. The van der Waals surface area contributed by atoms with Gasteiger partial charge in [0.2, 0.25) is 0 Å². The van der Waals surface area contributed by atoms with Gasteiger partial charge < -0.3 is 64.5 Å². The van der Waals surface area contributed by atoms with Gasteiger partial charge in [-0.3, -0.25) is 0 Å². The van der Waals surface area contributed by atoms with Crippen molar-refractivity contribution < 1.29 is 64.5 Å². The molecular weight excluding hydrogens is 778 g/mol. The molecule has 0 spiro atoms. The molecule has 0 aliphatic carbocycles. The number of rotatable bonds is 21. The first-order valence-electron chi connectivity index (χ1n) is 22.1. The first-order chi connectivity index (χ1) is 28.5.